The van der Waals surface area contributed by atoms with Crippen molar-refractivity contribution in [3.8, 4) is 0 Å². The summed E-state index contributed by atoms with van der Waals surface area (Å²) >= 11 is 0. The predicted octanol–water partition coefficient (Wildman–Crippen LogP) is 1.07. The Balaban J connectivity index is 1.74. The maximum atomic E-state index is 12.6. The zero-order valence-electron chi connectivity index (χ0n) is 13.3. The number of sulfonamides is 1. The minimum Gasteiger partial charge on any atom is -0.355 e. The van der Waals surface area contributed by atoms with Crippen molar-refractivity contribution in [2.75, 3.05) is 18.0 Å². The zero-order valence-corrected chi connectivity index (χ0v) is 14.1. The molecule has 1 atom stereocenters. The molecule has 0 aromatic carbocycles. The van der Waals surface area contributed by atoms with Crippen LogP contribution in [0.5, 0.6) is 0 Å². The molecule has 7 nitrogen and oxygen atoms in total. The van der Waals surface area contributed by atoms with Gasteiger partial charge in [-0.3, -0.25) is 4.68 Å². The van der Waals surface area contributed by atoms with Gasteiger partial charge in [-0.1, -0.05) is 6.07 Å². The third-order valence-electron chi connectivity index (χ3n) is 3.97. The van der Waals surface area contributed by atoms with E-state index in [1.807, 2.05) is 18.2 Å². The first-order chi connectivity index (χ1) is 11.0. The first-order valence-corrected chi connectivity index (χ1v) is 9.12. The fourth-order valence-electron chi connectivity index (χ4n) is 2.95. The molecule has 1 saturated heterocycles. The van der Waals surface area contributed by atoms with Gasteiger partial charge < -0.3 is 4.90 Å². The molecule has 0 spiro atoms. The fourth-order valence-corrected chi connectivity index (χ4v) is 4.43. The van der Waals surface area contributed by atoms with Gasteiger partial charge in [-0.2, -0.15) is 5.10 Å². The molecule has 1 fully saturated rings. The number of anilines is 1. The van der Waals surface area contributed by atoms with E-state index in [-0.39, 0.29) is 10.9 Å². The zero-order chi connectivity index (χ0) is 16.4. The summed E-state index contributed by atoms with van der Waals surface area (Å²) in [7, 11) is -1.84. The van der Waals surface area contributed by atoms with Crippen LogP contribution in [0.15, 0.2) is 35.5 Å². The first-order valence-electron chi connectivity index (χ1n) is 7.64. The van der Waals surface area contributed by atoms with E-state index in [4.69, 9.17) is 0 Å². The maximum Gasteiger partial charge on any atom is 0.244 e. The molecular weight excluding hydrogens is 314 g/mol. The van der Waals surface area contributed by atoms with Crippen molar-refractivity contribution in [3.63, 3.8) is 0 Å². The lowest BCUT2D eigenvalue weighted by atomic mass is 10.1. The van der Waals surface area contributed by atoms with Crippen LogP contribution in [0.1, 0.15) is 18.5 Å². The summed E-state index contributed by atoms with van der Waals surface area (Å²) < 4.78 is 29.5. The van der Waals surface area contributed by atoms with Gasteiger partial charge in [-0.15, -0.1) is 0 Å². The van der Waals surface area contributed by atoms with Gasteiger partial charge in [-0.05, 0) is 31.9 Å². The average Bonchev–Trinajstić information content (AvgIpc) is 2.88. The number of rotatable bonds is 4. The summed E-state index contributed by atoms with van der Waals surface area (Å²) in [6.07, 6.45) is 5.04. The van der Waals surface area contributed by atoms with Crippen LogP contribution in [0.3, 0.4) is 0 Å². The molecule has 0 bridgehead atoms. The number of nitrogens with zero attached hydrogens (tertiary/aromatic N) is 4. The number of pyridine rings is 1. The molecule has 124 valence electrons. The number of hydrogen-bond acceptors (Lipinski definition) is 5. The summed E-state index contributed by atoms with van der Waals surface area (Å²) in [6, 6.07) is 5.63. The highest BCUT2D eigenvalue weighted by Gasteiger charge is 2.27. The van der Waals surface area contributed by atoms with Crippen molar-refractivity contribution in [1.29, 1.82) is 0 Å². The molecule has 1 aliphatic rings. The number of nitrogens with one attached hydrogen (secondary N) is 1. The van der Waals surface area contributed by atoms with Crippen LogP contribution in [0.4, 0.5) is 5.82 Å². The van der Waals surface area contributed by atoms with Crippen molar-refractivity contribution in [3.05, 3.63) is 36.3 Å². The van der Waals surface area contributed by atoms with Gasteiger partial charge in [-0.25, -0.2) is 18.1 Å². The lowest BCUT2D eigenvalue weighted by Gasteiger charge is -2.33. The molecule has 0 radical (unpaired) electrons. The normalized spacial score (nSPS) is 19.0. The quantitative estimate of drug-likeness (QED) is 0.904. The minimum absolute atomic E-state index is 0.129. The number of aromatic nitrogens is 3. The Bertz CT molecular complexity index is 772. The van der Waals surface area contributed by atoms with E-state index < -0.39 is 10.0 Å². The van der Waals surface area contributed by atoms with Crippen LogP contribution in [0, 0.1) is 6.92 Å². The second kappa shape index (κ2) is 6.29. The van der Waals surface area contributed by atoms with Crippen LogP contribution in [-0.4, -0.2) is 42.3 Å². The molecular formula is C15H21N5O2S. The van der Waals surface area contributed by atoms with Gasteiger partial charge in [0.1, 0.15) is 10.7 Å². The first kappa shape index (κ1) is 15.9. The van der Waals surface area contributed by atoms with Gasteiger partial charge in [0, 0.05) is 38.6 Å². The van der Waals surface area contributed by atoms with Gasteiger partial charge in [0.2, 0.25) is 10.0 Å². The van der Waals surface area contributed by atoms with E-state index in [2.05, 4.69) is 19.7 Å². The molecule has 2 aromatic rings. The van der Waals surface area contributed by atoms with Crippen LogP contribution in [0.25, 0.3) is 0 Å². The van der Waals surface area contributed by atoms with Crippen LogP contribution < -0.4 is 9.62 Å². The van der Waals surface area contributed by atoms with Crippen molar-refractivity contribution in [2.45, 2.75) is 30.7 Å². The Kier molecular flexibility index (Phi) is 4.36. The average molecular weight is 335 g/mol. The summed E-state index contributed by atoms with van der Waals surface area (Å²) in [5, 5.41) is 4.11. The topological polar surface area (TPSA) is 80.1 Å². The minimum atomic E-state index is -3.56. The molecule has 3 rings (SSSR count). The van der Waals surface area contributed by atoms with E-state index in [0.717, 1.165) is 25.2 Å². The van der Waals surface area contributed by atoms with Crippen LogP contribution in [-0.2, 0) is 17.1 Å². The Hall–Kier alpha value is -1.93. The SMILES string of the molecule is Cc1nn(C)cc1S(=O)(=O)NC1CCCN(c2ccccn2)C1. The second-order valence-electron chi connectivity index (χ2n) is 5.85. The van der Waals surface area contributed by atoms with Gasteiger partial charge in [0.25, 0.3) is 0 Å². The smallest absolute Gasteiger partial charge is 0.244 e. The van der Waals surface area contributed by atoms with Crippen LogP contribution >= 0.6 is 0 Å². The van der Waals surface area contributed by atoms with Crippen molar-refractivity contribution < 1.29 is 8.42 Å². The van der Waals surface area contributed by atoms with E-state index in [9.17, 15) is 8.42 Å². The standard InChI is InChI=1S/C15H21N5O2S/c1-12-14(11-19(2)17-12)23(21,22)18-13-6-5-9-20(10-13)15-7-3-4-8-16-15/h3-4,7-8,11,13,18H,5-6,9-10H2,1-2H3. The van der Waals surface area contributed by atoms with Crippen LogP contribution in [0.2, 0.25) is 0 Å². The second-order valence-corrected chi connectivity index (χ2v) is 7.53. The summed E-state index contributed by atoms with van der Waals surface area (Å²) in [4.78, 5) is 6.71. The molecule has 23 heavy (non-hydrogen) atoms. The number of piperidine rings is 1. The summed E-state index contributed by atoms with van der Waals surface area (Å²) in [6.45, 7) is 3.21. The fraction of sp³-hybridized carbons (Fsp3) is 0.467. The molecule has 1 unspecified atom stereocenters. The number of aryl methyl sites for hydroxylation is 2. The largest absolute Gasteiger partial charge is 0.355 e. The Morgan fingerprint density at radius 2 is 2.17 bits per heavy atom. The van der Waals surface area contributed by atoms with Gasteiger partial charge in [0.05, 0.1) is 5.69 Å². The lowest BCUT2D eigenvalue weighted by Crippen LogP contribution is -2.48. The lowest BCUT2D eigenvalue weighted by molar-refractivity contribution is 0.464. The molecule has 3 heterocycles. The van der Waals surface area contributed by atoms with Crippen molar-refractivity contribution in [1.82, 2.24) is 19.5 Å². The Labute approximate surface area is 136 Å². The van der Waals surface area contributed by atoms with Crippen molar-refractivity contribution in [2.24, 2.45) is 7.05 Å². The monoisotopic (exact) mass is 335 g/mol. The third kappa shape index (κ3) is 3.53. The Morgan fingerprint density at radius 1 is 1.35 bits per heavy atom. The molecule has 1 N–H and O–H groups in total. The predicted molar refractivity (Wildman–Crippen MR) is 87.7 cm³/mol. The Morgan fingerprint density at radius 3 is 2.83 bits per heavy atom. The number of hydrogen-bond donors (Lipinski definition) is 1. The van der Waals surface area contributed by atoms with Crippen molar-refractivity contribution >= 4 is 15.8 Å². The summed E-state index contributed by atoms with van der Waals surface area (Å²) in [5.74, 6) is 0.883. The van der Waals surface area contributed by atoms with Gasteiger partial charge in [0.15, 0.2) is 0 Å². The van der Waals surface area contributed by atoms with E-state index in [1.165, 1.54) is 10.9 Å². The highest BCUT2D eigenvalue weighted by Crippen LogP contribution is 2.20. The molecule has 0 aliphatic carbocycles. The van der Waals surface area contributed by atoms with E-state index in [1.54, 1.807) is 20.2 Å². The highest BCUT2D eigenvalue weighted by molar-refractivity contribution is 7.89. The molecule has 2 aromatic heterocycles. The van der Waals surface area contributed by atoms with E-state index >= 15 is 0 Å². The van der Waals surface area contributed by atoms with Gasteiger partial charge >= 0.3 is 0 Å². The third-order valence-corrected chi connectivity index (χ3v) is 5.60. The molecule has 0 amide bonds. The molecule has 0 saturated carbocycles. The molecule has 1 aliphatic heterocycles. The van der Waals surface area contributed by atoms with E-state index in [0.29, 0.717) is 12.2 Å². The summed E-state index contributed by atoms with van der Waals surface area (Å²) in [5.41, 5.74) is 0.511. The molecule has 8 heteroatoms. The maximum absolute atomic E-state index is 12.6. The highest BCUT2D eigenvalue weighted by atomic mass is 32.2.